The van der Waals surface area contributed by atoms with Gasteiger partial charge in [-0.25, -0.2) is 0 Å². The van der Waals surface area contributed by atoms with E-state index in [1.165, 1.54) is 0 Å². The fourth-order valence-corrected chi connectivity index (χ4v) is 2.62. The van der Waals surface area contributed by atoms with Crippen molar-refractivity contribution in [3.05, 3.63) is 30.3 Å². The Balaban J connectivity index is 1.72. The number of nitrogens with zero attached hydrogens (tertiary/aromatic N) is 6. The molecule has 1 saturated heterocycles. The Morgan fingerprint density at radius 3 is 2.52 bits per heavy atom. The van der Waals surface area contributed by atoms with Crippen LogP contribution in [-0.4, -0.2) is 62.8 Å². The molecule has 8 heteroatoms. The summed E-state index contributed by atoms with van der Waals surface area (Å²) in [7, 11) is 0. The second-order valence-electron chi connectivity index (χ2n) is 4.96. The quantitative estimate of drug-likeness (QED) is 0.801. The number of hydrogen-bond acceptors (Lipinski definition) is 6. The van der Waals surface area contributed by atoms with Gasteiger partial charge in [0.2, 0.25) is 5.95 Å². The lowest BCUT2D eigenvalue weighted by molar-refractivity contribution is 0.290. The van der Waals surface area contributed by atoms with E-state index in [4.69, 9.17) is 18.0 Å². The maximum absolute atomic E-state index is 5.59. The monoisotopic (exact) mass is 303 g/mol. The number of nitrogens with two attached hydrogens (primary N) is 1. The minimum absolute atomic E-state index is 0.539. The predicted molar refractivity (Wildman–Crippen MR) is 84.6 cm³/mol. The molecule has 1 aromatic heterocycles. The van der Waals surface area contributed by atoms with Gasteiger partial charge < -0.3 is 10.6 Å². The van der Waals surface area contributed by atoms with E-state index >= 15 is 0 Å². The number of thiocarbonyl (C=S) groups is 1. The first-order chi connectivity index (χ1) is 10.2. The largest absolute Gasteiger partial charge is 0.392 e. The summed E-state index contributed by atoms with van der Waals surface area (Å²) >= 11 is 4.96. The zero-order valence-corrected chi connectivity index (χ0v) is 12.4. The van der Waals surface area contributed by atoms with Crippen LogP contribution in [0.2, 0.25) is 0 Å². The van der Waals surface area contributed by atoms with Crippen LogP contribution in [0.3, 0.4) is 0 Å². The van der Waals surface area contributed by atoms with Gasteiger partial charge in [-0.3, -0.25) is 4.90 Å². The van der Waals surface area contributed by atoms with Crippen LogP contribution in [0.15, 0.2) is 30.3 Å². The van der Waals surface area contributed by atoms with E-state index in [9.17, 15) is 0 Å². The van der Waals surface area contributed by atoms with E-state index in [0.29, 0.717) is 11.5 Å². The van der Waals surface area contributed by atoms with Crippen LogP contribution in [0.5, 0.6) is 0 Å². The molecule has 0 radical (unpaired) electrons. The molecular weight excluding hydrogens is 286 g/mol. The standard InChI is InChI=1S/C13H17N7S/c14-12(21)10-18-6-8-19(9-7-18)13-15-16-17-20(13)11-4-2-1-3-5-11/h1-5H,6-10H2,(H2,14,21). The van der Waals surface area contributed by atoms with E-state index in [0.717, 1.165) is 37.8 Å². The molecule has 3 rings (SSSR count). The summed E-state index contributed by atoms with van der Waals surface area (Å²) in [5.41, 5.74) is 6.55. The van der Waals surface area contributed by atoms with Crippen molar-refractivity contribution in [1.29, 1.82) is 0 Å². The zero-order valence-electron chi connectivity index (χ0n) is 11.6. The number of piperazine rings is 1. The van der Waals surface area contributed by atoms with Crippen molar-refractivity contribution in [2.24, 2.45) is 5.73 Å². The molecule has 1 aromatic carbocycles. The molecule has 110 valence electrons. The van der Waals surface area contributed by atoms with Crippen LogP contribution < -0.4 is 10.6 Å². The molecule has 2 heterocycles. The molecule has 1 fully saturated rings. The Hall–Kier alpha value is -2.06. The second kappa shape index (κ2) is 6.15. The van der Waals surface area contributed by atoms with Crippen LogP contribution in [0, 0.1) is 0 Å². The van der Waals surface area contributed by atoms with Crippen LogP contribution in [0.25, 0.3) is 5.69 Å². The summed E-state index contributed by atoms with van der Waals surface area (Å²) < 4.78 is 1.77. The number of rotatable bonds is 4. The maximum atomic E-state index is 5.59. The summed E-state index contributed by atoms with van der Waals surface area (Å²) in [4.78, 5) is 4.97. The molecule has 0 aliphatic carbocycles. The molecule has 0 atom stereocenters. The molecular formula is C13H17N7S. The highest BCUT2D eigenvalue weighted by atomic mass is 32.1. The average Bonchev–Trinajstić information content (AvgIpc) is 2.98. The van der Waals surface area contributed by atoms with Crippen molar-refractivity contribution < 1.29 is 0 Å². The lowest BCUT2D eigenvalue weighted by Gasteiger charge is -2.34. The highest BCUT2D eigenvalue weighted by molar-refractivity contribution is 7.80. The molecule has 1 aliphatic heterocycles. The third kappa shape index (κ3) is 3.17. The van der Waals surface area contributed by atoms with Crippen LogP contribution >= 0.6 is 12.2 Å². The topological polar surface area (TPSA) is 76.1 Å². The van der Waals surface area contributed by atoms with E-state index in [1.807, 2.05) is 30.3 Å². The Bertz CT molecular complexity index is 604. The van der Waals surface area contributed by atoms with Gasteiger partial charge in [0, 0.05) is 32.7 Å². The van der Waals surface area contributed by atoms with Crippen molar-refractivity contribution in [1.82, 2.24) is 25.1 Å². The van der Waals surface area contributed by atoms with Gasteiger partial charge in [0.25, 0.3) is 0 Å². The zero-order chi connectivity index (χ0) is 14.7. The second-order valence-corrected chi connectivity index (χ2v) is 5.48. The number of para-hydroxylation sites is 1. The highest BCUT2D eigenvalue weighted by Gasteiger charge is 2.22. The Labute approximate surface area is 128 Å². The normalized spacial score (nSPS) is 16.1. The molecule has 0 bridgehead atoms. The van der Waals surface area contributed by atoms with Crippen molar-refractivity contribution >= 4 is 23.2 Å². The minimum Gasteiger partial charge on any atom is -0.392 e. The first kappa shape index (κ1) is 13.9. The molecule has 0 unspecified atom stereocenters. The third-order valence-electron chi connectivity index (χ3n) is 3.49. The van der Waals surface area contributed by atoms with Gasteiger partial charge in [-0.2, -0.15) is 4.68 Å². The average molecular weight is 303 g/mol. The lowest BCUT2D eigenvalue weighted by Crippen LogP contribution is -2.49. The van der Waals surface area contributed by atoms with Crippen molar-refractivity contribution in [3.8, 4) is 5.69 Å². The molecule has 7 nitrogen and oxygen atoms in total. The fraction of sp³-hybridized carbons (Fsp3) is 0.385. The van der Waals surface area contributed by atoms with E-state index in [1.54, 1.807) is 4.68 Å². The van der Waals surface area contributed by atoms with Crippen LogP contribution in [0.4, 0.5) is 5.95 Å². The number of tetrazole rings is 1. The summed E-state index contributed by atoms with van der Waals surface area (Å²) in [6, 6.07) is 9.90. The predicted octanol–water partition coefficient (Wildman–Crippen LogP) is 0.0704. The lowest BCUT2D eigenvalue weighted by atomic mass is 10.3. The number of anilines is 1. The molecule has 0 saturated carbocycles. The Kier molecular flexibility index (Phi) is 4.07. The van der Waals surface area contributed by atoms with Gasteiger partial charge in [0.1, 0.15) is 0 Å². The fourth-order valence-electron chi connectivity index (χ4n) is 2.44. The molecule has 1 aliphatic rings. The van der Waals surface area contributed by atoms with Gasteiger partial charge in [0.05, 0.1) is 10.7 Å². The van der Waals surface area contributed by atoms with Crippen LogP contribution in [-0.2, 0) is 0 Å². The van der Waals surface area contributed by atoms with Crippen molar-refractivity contribution in [2.45, 2.75) is 0 Å². The highest BCUT2D eigenvalue weighted by Crippen LogP contribution is 2.16. The number of hydrogen-bond donors (Lipinski definition) is 1. The Morgan fingerprint density at radius 2 is 1.86 bits per heavy atom. The SMILES string of the molecule is NC(=S)CN1CCN(c2nnnn2-c2ccccc2)CC1. The first-order valence-electron chi connectivity index (χ1n) is 6.83. The minimum atomic E-state index is 0.539. The van der Waals surface area contributed by atoms with Gasteiger partial charge >= 0.3 is 0 Å². The van der Waals surface area contributed by atoms with E-state index in [-0.39, 0.29) is 0 Å². The molecule has 0 amide bonds. The number of benzene rings is 1. The Morgan fingerprint density at radius 1 is 1.14 bits per heavy atom. The first-order valence-corrected chi connectivity index (χ1v) is 7.24. The van der Waals surface area contributed by atoms with Crippen molar-refractivity contribution in [3.63, 3.8) is 0 Å². The summed E-state index contributed by atoms with van der Waals surface area (Å²) in [5, 5.41) is 12.1. The van der Waals surface area contributed by atoms with Crippen LogP contribution in [0.1, 0.15) is 0 Å². The smallest absolute Gasteiger partial charge is 0.250 e. The summed E-state index contributed by atoms with van der Waals surface area (Å²) in [6.07, 6.45) is 0. The summed E-state index contributed by atoms with van der Waals surface area (Å²) in [6.45, 7) is 4.19. The maximum Gasteiger partial charge on any atom is 0.250 e. The van der Waals surface area contributed by atoms with Gasteiger partial charge in [0.15, 0.2) is 0 Å². The third-order valence-corrected chi connectivity index (χ3v) is 3.62. The molecule has 0 spiro atoms. The van der Waals surface area contributed by atoms with Crippen molar-refractivity contribution in [2.75, 3.05) is 37.6 Å². The van der Waals surface area contributed by atoms with E-state index in [2.05, 4.69) is 25.3 Å². The number of aromatic nitrogens is 4. The van der Waals surface area contributed by atoms with Gasteiger partial charge in [-0.1, -0.05) is 35.5 Å². The summed E-state index contributed by atoms with van der Waals surface area (Å²) in [5.74, 6) is 0.774. The molecule has 21 heavy (non-hydrogen) atoms. The molecule has 2 aromatic rings. The van der Waals surface area contributed by atoms with Gasteiger partial charge in [-0.15, -0.1) is 0 Å². The molecule has 2 N–H and O–H groups in total. The van der Waals surface area contributed by atoms with E-state index < -0.39 is 0 Å². The van der Waals surface area contributed by atoms with Gasteiger partial charge in [-0.05, 0) is 22.6 Å².